The molecule has 0 heterocycles. The molecule has 1 amide bonds. The van der Waals surface area contributed by atoms with Crippen molar-refractivity contribution in [3.05, 3.63) is 64.0 Å². The van der Waals surface area contributed by atoms with Crippen LogP contribution in [-0.2, 0) is 11.2 Å². The summed E-state index contributed by atoms with van der Waals surface area (Å²) in [5, 5.41) is 22.1. The van der Waals surface area contributed by atoms with E-state index in [2.05, 4.69) is 5.32 Å². The molecule has 2 rings (SSSR count). The molecule has 0 aliphatic rings. The lowest BCUT2D eigenvalue weighted by Crippen LogP contribution is -2.15. The van der Waals surface area contributed by atoms with Gasteiger partial charge in [-0.15, -0.1) is 0 Å². The number of halogens is 1. The quantitative estimate of drug-likeness (QED) is 0.514. The number of benzene rings is 2. The standard InChI is InChI=1S/C14H11FN2O4/c15-12-8-11(18)4-5-13(12)16-14(19)7-9-2-1-3-10(6-9)17(20)21/h1-6,8,18H,7H2,(H,16,19). The van der Waals surface area contributed by atoms with Gasteiger partial charge in [0.2, 0.25) is 5.91 Å². The van der Waals surface area contributed by atoms with E-state index in [1.807, 2.05) is 0 Å². The van der Waals surface area contributed by atoms with Crippen molar-refractivity contribution in [1.29, 1.82) is 0 Å². The van der Waals surface area contributed by atoms with E-state index in [9.17, 15) is 19.3 Å². The SMILES string of the molecule is O=C(Cc1cccc([N+](=O)[O-])c1)Nc1ccc(O)cc1F. The summed E-state index contributed by atoms with van der Waals surface area (Å²) < 4.78 is 13.5. The summed E-state index contributed by atoms with van der Waals surface area (Å²) in [6.07, 6.45) is -0.123. The zero-order chi connectivity index (χ0) is 15.4. The molecule has 0 aliphatic heterocycles. The zero-order valence-electron chi connectivity index (χ0n) is 10.7. The molecule has 0 atom stereocenters. The molecular weight excluding hydrogens is 279 g/mol. The van der Waals surface area contributed by atoms with Gasteiger partial charge in [0.15, 0.2) is 0 Å². The molecule has 0 saturated heterocycles. The molecule has 7 heteroatoms. The van der Waals surface area contributed by atoms with Crippen LogP contribution in [0.25, 0.3) is 0 Å². The van der Waals surface area contributed by atoms with E-state index >= 15 is 0 Å². The first kappa shape index (κ1) is 14.4. The summed E-state index contributed by atoms with van der Waals surface area (Å²) in [6, 6.07) is 9.00. The van der Waals surface area contributed by atoms with Crippen LogP contribution < -0.4 is 5.32 Å². The first-order valence-electron chi connectivity index (χ1n) is 5.97. The van der Waals surface area contributed by atoms with Gasteiger partial charge in [-0.05, 0) is 17.7 Å². The van der Waals surface area contributed by atoms with E-state index in [1.165, 1.54) is 30.3 Å². The lowest BCUT2D eigenvalue weighted by Gasteiger charge is -2.06. The highest BCUT2D eigenvalue weighted by atomic mass is 19.1. The van der Waals surface area contributed by atoms with Gasteiger partial charge in [0.1, 0.15) is 11.6 Å². The molecule has 0 spiro atoms. The van der Waals surface area contributed by atoms with E-state index < -0.39 is 16.6 Å². The Balaban J connectivity index is 2.08. The van der Waals surface area contributed by atoms with Crippen molar-refractivity contribution < 1.29 is 19.2 Å². The van der Waals surface area contributed by atoms with Crippen LogP contribution in [0.2, 0.25) is 0 Å². The lowest BCUT2D eigenvalue weighted by atomic mass is 10.1. The number of hydrogen-bond acceptors (Lipinski definition) is 4. The second-order valence-corrected chi connectivity index (χ2v) is 4.32. The summed E-state index contributed by atoms with van der Waals surface area (Å²) in [7, 11) is 0. The van der Waals surface area contributed by atoms with Crippen molar-refractivity contribution in [3.63, 3.8) is 0 Å². The van der Waals surface area contributed by atoms with E-state index in [4.69, 9.17) is 5.11 Å². The summed E-state index contributed by atoms with van der Waals surface area (Å²) in [5.74, 6) is -1.52. The number of amides is 1. The fourth-order valence-electron chi connectivity index (χ4n) is 1.77. The number of aromatic hydroxyl groups is 1. The highest BCUT2D eigenvalue weighted by Gasteiger charge is 2.11. The summed E-state index contributed by atoms with van der Waals surface area (Å²) in [6.45, 7) is 0. The maximum absolute atomic E-state index is 13.5. The first-order valence-corrected chi connectivity index (χ1v) is 5.97. The number of non-ortho nitro benzene ring substituents is 1. The van der Waals surface area contributed by atoms with Crippen LogP contribution in [-0.4, -0.2) is 15.9 Å². The molecule has 0 bridgehead atoms. The van der Waals surface area contributed by atoms with Crippen LogP contribution in [0.4, 0.5) is 15.8 Å². The van der Waals surface area contributed by atoms with Crippen molar-refractivity contribution >= 4 is 17.3 Å². The number of rotatable bonds is 4. The Labute approximate surface area is 119 Å². The second kappa shape index (κ2) is 6.00. The number of phenolic OH excluding ortho intramolecular Hbond substituents is 1. The first-order chi connectivity index (χ1) is 9.95. The van der Waals surface area contributed by atoms with Crippen LogP contribution in [0.5, 0.6) is 5.75 Å². The van der Waals surface area contributed by atoms with Gasteiger partial charge in [-0.2, -0.15) is 0 Å². The van der Waals surface area contributed by atoms with Gasteiger partial charge < -0.3 is 10.4 Å². The fraction of sp³-hybridized carbons (Fsp3) is 0.0714. The molecule has 21 heavy (non-hydrogen) atoms. The van der Waals surface area contributed by atoms with E-state index in [0.717, 1.165) is 6.07 Å². The van der Waals surface area contributed by atoms with Crippen molar-refractivity contribution in [3.8, 4) is 5.75 Å². The van der Waals surface area contributed by atoms with Gasteiger partial charge in [0, 0.05) is 18.2 Å². The van der Waals surface area contributed by atoms with Crippen molar-refractivity contribution in [1.82, 2.24) is 0 Å². The van der Waals surface area contributed by atoms with Crippen molar-refractivity contribution in [2.45, 2.75) is 6.42 Å². The van der Waals surface area contributed by atoms with Crippen LogP contribution in [0.3, 0.4) is 0 Å². The summed E-state index contributed by atoms with van der Waals surface area (Å²) in [5.41, 5.74) is 0.264. The lowest BCUT2D eigenvalue weighted by molar-refractivity contribution is -0.384. The van der Waals surface area contributed by atoms with Crippen LogP contribution >= 0.6 is 0 Å². The average molecular weight is 290 g/mol. The number of nitrogens with one attached hydrogen (secondary N) is 1. The number of nitrogens with zero attached hydrogens (tertiary/aromatic N) is 1. The molecule has 0 radical (unpaired) electrons. The number of nitro benzene ring substituents is 1. The molecule has 2 aromatic carbocycles. The Morgan fingerprint density at radius 3 is 2.71 bits per heavy atom. The number of nitro groups is 1. The molecule has 0 unspecified atom stereocenters. The molecule has 0 fully saturated rings. The van der Waals surface area contributed by atoms with Gasteiger partial charge in [-0.25, -0.2) is 4.39 Å². The predicted octanol–water partition coefficient (Wildman–Crippen LogP) is 2.62. The largest absolute Gasteiger partial charge is 0.508 e. The summed E-state index contributed by atoms with van der Waals surface area (Å²) in [4.78, 5) is 21.9. The third-order valence-corrected chi connectivity index (χ3v) is 2.71. The minimum atomic E-state index is -0.762. The van der Waals surface area contributed by atoms with Crippen molar-refractivity contribution in [2.24, 2.45) is 0 Å². The predicted molar refractivity (Wildman–Crippen MR) is 73.5 cm³/mol. The number of anilines is 1. The van der Waals surface area contributed by atoms with Crippen LogP contribution in [0.15, 0.2) is 42.5 Å². The van der Waals surface area contributed by atoms with Gasteiger partial charge in [0.05, 0.1) is 17.0 Å². The number of carbonyl (C=O) groups is 1. The summed E-state index contributed by atoms with van der Waals surface area (Å²) >= 11 is 0. The average Bonchev–Trinajstić information content (AvgIpc) is 2.42. The highest BCUT2D eigenvalue weighted by molar-refractivity contribution is 5.92. The van der Waals surface area contributed by atoms with E-state index in [1.54, 1.807) is 6.07 Å². The number of hydrogen-bond donors (Lipinski definition) is 2. The minimum absolute atomic E-state index is 0.0665. The number of phenols is 1. The highest BCUT2D eigenvalue weighted by Crippen LogP contribution is 2.20. The second-order valence-electron chi connectivity index (χ2n) is 4.32. The molecular formula is C14H11FN2O4. The normalized spacial score (nSPS) is 10.1. The Kier molecular flexibility index (Phi) is 4.13. The Morgan fingerprint density at radius 2 is 2.05 bits per heavy atom. The minimum Gasteiger partial charge on any atom is -0.508 e. The molecule has 2 aromatic rings. The number of carbonyl (C=O) groups excluding carboxylic acids is 1. The Hall–Kier alpha value is -2.96. The molecule has 2 N–H and O–H groups in total. The zero-order valence-corrected chi connectivity index (χ0v) is 10.7. The van der Waals surface area contributed by atoms with E-state index in [0.29, 0.717) is 5.56 Å². The van der Waals surface area contributed by atoms with Crippen LogP contribution in [0, 0.1) is 15.9 Å². The smallest absolute Gasteiger partial charge is 0.269 e. The maximum atomic E-state index is 13.5. The third-order valence-electron chi connectivity index (χ3n) is 2.71. The maximum Gasteiger partial charge on any atom is 0.269 e. The van der Waals surface area contributed by atoms with Gasteiger partial charge in [-0.3, -0.25) is 14.9 Å². The van der Waals surface area contributed by atoms with Crippen molar-refractivity contribution in [2.75, 3.05) is 5.32 Å². The van der Waals surface area contributed by atoms with Gasteiger partial charge in [-0.1, -0.05) is 12.1 Å². The topological polar surface area (TPSA) is 92.5 Å². The molecule has 0 aromatic heterocycles. The molecule has 0 saturated carbocycles. The molecule has 6 nitrogen and oxygen atoms in total. The monoisotopic (exact) mass is 290 g/mol. The van der Waals surface area contributed by atoms with Gasteiger partial charge >= 0.3 is 0 Å². The Bertz CT molecular complexity index is 703. The molecule has 108 valence electrons. The molecule has 0 aliphatic carbocycles. The van der Waals surface area contributed by atoms with Crippen LogP contribution in [0.1, 0.15) is 5.56 Å². The fourth-order valence-corrected chi connectivity index (χ4v) is 1.77. The Morgan fingerprint density at radius 1 is 1.29 bits per heavy atom. The van der Waals surface area contributed by atoms with E-state index in [-0.39, 0.29) is 23.5 Å². The van der Waals surface area contributed by atoms with Gasteiger partial charge in [0.25, 0.3) is 5.69 Å². The third kappa shape index (κ3) is 3.75.